The third-order valence-corrected chi connectivity index (χ3v) is 4.86. The molecule has 4 amide bonds. The number of fused-ring (bicyclic) bond motifs is 1. The highest BCUT2D eigenvalue weighted by Crippen LogP contribution is 2.25. The molecule has 0 unspecified atom stereocenters. The smallest absolute Gasteiger partial charge is 0.315 e. The molecule has 3 rings (SSSR count). The molecule has 146 valence electrons. The third kappa shape index (κ3) is 4.51. The van der Waals surface area contributed by atoms with Gasteiger partial charge in [-0.2, -0.15) is 0 Å². The minimum absolute atomic E-state index is 0.250. The van der Waals surface area contributed by atoms with E-state index in [1.807, 2.05) is 24.3 Å². The maximum absolute atomic E-state index is 12.4. The number of hydrogen-bond acceptors (Lipinski definition) is 4. The SMILES string of the molecule is COc1cccc(CNC(=O)NCCCN2C(=O)c3ccc(Br)cc3C2=O)c1. The van der Waals surface area contributed by atoms with Crippen molar-refractivity contribution in [2.75, 3.05) is 20.2 Å². The van der Waals surface area contributed by atoms with Gasteiger partial charge in [-0.3, -0.25) is 14.5 Å². The first-order valence-electron chi connectivity index (χ1n) is 8.80. The molecule has 2 aromatic carbocycles. The van der Waals surface area contributed by atoms with Crippen molar-refractivity contribution in [1.82, 2.24) is 15.5 Å². The molecule has 1 aliphatic rings. The number of rotatable bonds is 7. The monoisotopic (exact) mass is 445 g/mol. The molecule has 1 aliphatic heterocycles. The van der Waals surface area contributed by atoms with Gasteiger partial charge in [0.25, 0.3) is 11.8 Å². The highest BCUT2D eigenvalue weighted by molar-refractivity contribution is 9.10. The molecule has 7 nitrogen and oxygen atoms in total. The van der Waals surface area contributed by atoms with E-state index in [2.05, 4.69) is 26.6 Å². The van der Waals surface area contributed by atoms with Gasteiger partial charge in [0.2, 0.25) is 0 Å². The summed E-state index contributed by atoms with van der Waals surface area (Å²) in [7, 11) is 1.59. The Labute approximate surface area is 171 Å². The van der Waals surface area contributed by atoms with Crippen LogP contribution >= 0.6 is 15.9 Å². The summed E-state index contributed by atoms with van der Waals surface area (Å²) in [6.45, 7) is 0.970. The van der Waals surface area contributed by atoms with Crippen molar-refractivity contribution in [3.05, 3.63) is 63.6 Å². The highest BCUT2D eigenvalue weighted by atomic mass is 79.9. The van der Waals surface area contributed by atoms with Crippen LogP contribution in [0.15, 0.2) is 46.9 Å². The van der Waals surface area contributed by atoms with Crippen molar-refractivity contribution >= 4 is 33.8 Å². The maximum atomic E-state index is 12.4. The van der Waals surface area contributed by atoms with Crippen molar-refractivity contribution in [2.45, 2.75) is 13.0 Å². The number of urea groups is 1. The minimum Gasteiger partial charge on any atom is -0.497 e. The van der Waals surface area contributed by atoms with E-state index in [1.54, 1.807) is 25.3 Å². The molecule has 28 heavy (non-hydrogen) atoms. The van der Waals surface area contributed by atoms with Crippen molar-refractivity contribution in [3.8, 4) is 5.75 Å². The molecular weight excluding hydrogens is 426 g/mol. The predicted molar refractivity (Wildman–Crippen MR) is 107 cm³/mol. The van der Waals surface area contributed by atoms with E-state index in [1.165, 1.54) is 4.90 Å². The van der Waals surface area contributed by atoms with Gasteiger partial charge in [-0.25, -0.2) is 4.79 Å². The summed E-state index contributed by atoms with van der Waals surface area (Å²) in [6.07, 6.45) is 0.471. The second-order valence-electron chi connectivity index (χ2n) is 6.27. The zero-order valence-electron chi connectivity index (χ0n) is 15.3. The molecule has 0 aromatic heterocycles. The van der Waals surface area contributed by atoms with E-state index >= 15 is 0 Å². The first kappa shape index (κ1) is 19.9. The number of halogens is 1. The largest absolute Gasteiger partial charge is 0.497 e. The molecule has 0 aliphatic carbocycles. The lowest BCUT2D eigenvalue weighted by atomic mass is 10.1. The van der Waals surface area contributed by atoms with Gasteiger partial charge < -0.3 is 15.4 Å². The van der Waals surface area contributed by atoms with Crippen LogP contribution in [-0.2, 0) is 6.54 Å². The topological polar surface area (TPSA) is 87.7 Å². The van der Waals surface area contributed by atoms with Crippen LogP contribution in [0, 0.1) is 0 Å². The van der Waals surface area contributed by atoms with Crippen LogP contribution in [0.2, 0.25) is 0 Å². The van der Waals surface area contributed by atoms with Gasteiger partial charge in [0.1, 0.15) is 5.75 Å². The summed E-state index contributed by atoms with van der Waals surface area (Å²) < 4.78 is 5.90. The summed E-state index contributed by atoms with van der Waals surface area (Å²) >= 11 is 3.31. The lowest BCUT2D eigenvalue weighted by Gasteiger charge is -2.14. The van der Waals surface area contributed by atoms with Crippen LogP contribution in [0.4, 0.5) is 4.79 Å². The van der Waals surface area contributed by atoms with Gasteiger partial charge in [0, 0.05) is 24.1 Å². The standard InChI is InChI=1S/C20H20BrN3O4/c1-28-15-5-2-4-13(10-15)12-23-20(27)22-8-3-9-24-18(25)16-7-6-14(21)11-17(16)19(24)26/h2,4-7,10-11H,3,8-9,12H2,1H3,(H2,22,23,27). The Morgan fingerprint density at radius 1 is 1.07 bits per heavy atom. The average Bonchev–Trinajstić information content (AvgIpc) is 2.93. The van der Waals surface area contributed by atoms with E-state index in [0.29, 0.717) is 30.6 Å². The van der Waals surface area contributed by atoms with Gasteiger partial charge in [-0.1, -0.05) is 28.1 Å². The van der Waals surface area contributed by atoms with Crippen LogP contribution in [0.5, 0.6) is 5.75 Å². The Morgan fingerprint density at radius 2 is 1.86 bits per heavy atom. The summed E-state index contributed by atoms with van der Waals surface area (Å²) in [5.41, 5.74) is 1.74. The fourth-order valence-electron chi connectivity index (χ4n) is 2.93. The molecule has 0 fully saturated rings. The van der Waals surface area contributed by atoms with E-state index in [0.717, 1.165) is 15.8 Å². The number of ether oxygens (including phenoxy) is 1. The van der Waals surface area contributed by atoms with Gasteiger partial charge in [0.15, 0.2) is 0 Å². The number of carbonyl (C=O) groups is 3. The number of methoxy groups -OCH3 is 1. The molecule has 0 spiro atoms. The average molecular weight is 446 g/mol. The number of nitrogens with one attached hydrogen (secondary N) is 2. The second kappa shape index (κ2) is 8.88. The van der Waals surface area contributed by atoms with Crippen LogP contribution < -0.4 is 15.4 Å². The van der Waals surface area contributed by atoms with Crippen LogP contribution in [-0.4, -0.2) is 42.9 Å². The molecule has 0 radical (unpaired) electrons. The first-order valence-corrected chi connectivity index (χ1v) is 9.59. The van der Waals surface area contributed by atoms with Gasteiger partial charge >= 0.3 is 6.03 Å². The van der Waals surface area contributed by atoms with Crippen molar-refractivity contribution in [2.24, 2.45) is 0 Å². The molecule has 0 bridgehead atoms. The number of carbonyl (C=O) groups excluding carboxylic acids is 3. The lowest BCUT2D eigenvalue weighted by molar-refractivity contribution is 0.0653. The fourth-order valence-corrected chi connectivity index (χ4v) is 3.29. The summed E-state index contributed by atoms with van der Waals surface area (Å²) in [5.74, 6) is 0.131. The van der Waals surface area contributed by atoms with E-state index in [4.69, 9.17) is 4.74 Å². The minimum atomic E-state index is -0.311. The van der Waals surface area contributed by atoms with Crippen LogP contribution in [0.1, 0.15) is 32.7 Å². The normalized spacial score (nSPS) is 12.7. The Morgan fingerprint density at radius 3 is 2.64 bits per heavy atom. The third-order valence-electron chi connectivity index (χ3n) is 4.36. The number of hydrogen-bond donors (Lipinski definition) is 2. The number of imide groups is 1. The molecule has 2 N–H and O–H groups in total. The molecule has 0 saturated heterocycles. The Kier molecular flexibility index (Phi) is 6.30. The quantitative estimate of drug-likeness (QED) is 0.506. The Balaban J connectivity index is 1.41. The number of amides is 4. The van der Waals surface area contributed by atoms with E-state index in [-0.39, 0.29) is 24.4 Å². The predicted octanol–water partition coefficient (Wildman–Crippen LogP) is 2.94. The molecule has 1 heterocycles. The van der Waals surface area contributed by atoms with Gasteiger partial charge in [0.05, 0.1) is 18.2 Å². The van der Waals surface area contributed by atoms with E-state index in [9.17, 15) is 14.4 Å². The summed E-state index contributed by atoms with van der Waals surface area (Å²) in [6, 6.07) is 12.2. The maximum Gasteiger partial charge on any atom is 0.315 e. The van der Waals surface area contributed by atoms with Crippen LogP contribution in [0.25, 0.3) is 0 Å². The number of nitrogens with zero attached hydrogens (tertiary/aromatic N) is 1. The highest BCUT2D eigenvalue weighted by Gasteiger charge is 2.34. The van der Waals surface area contributed by atoms with E-state index < -0.39 is 0 Å². The molecule has 0 saturated carbocycles. The Bertz CT molecular complexity index is 916. The van der Waals surface area contributed by atoms with Crippen molar-refractivity contribution in [3.63, 3.8) is 0 Å². The summed E-state index contributed by atoms with van der Waals surface area (Å²) in [4.78, 5) is 37.8. The fraction of sp³-hybridized carbons (Fsp3) is 0.250. The van der Waals surface area contributed by atoms with Gasteiger partial charge in [-0.15, -0.1) is 0 Å². The zero-order chi connectivity index (χ0) is 20.1. The zero-order valence-corrected chi connectivity index (χ0v) is 16.9. The summed E-state index contributed by atoms with van der Waals surface area (Å²) in [5, 5.41) is 5.49. The van der Waals surface area contributed by atoms with Crippen molar-refractivity contribution < 1.29 is 19.1 Å². The molecule has 0 atom stereocenters. The molecule has 2 aromatic rings. The molecular formula is C20H20BrN3O4. The molecule has 8 heteroatoms. The Hall–Kier alpha value is -2.87. The first-order chi connectivity index (χ1) is 13.5. The number of benzene rings is 2. The van der Waals surface area contributed by atoms with Crippen molar-refractivity contribution in [1.29, 1.82) is 0 Å². The van der Waals surface area contributed by atoms with Gasteiger partial charge in [-0.05, 0) is 42.3 Å². The van der Waals surface area contributed by atoms with Crippen LogP contribution in [0.3, 0.4) is 0 Å². The lowest BCUT2D eigenvalue weighted by Crippen LogP contribution is -2.37. The second-order valence-corrected chi connectivity index (χ2v) is 7.18.